The van der Waals surface area contributed by atoms with E-state index in [1.807, 2.05) is 36.4 Å². The van der Waals surface area contributed by atoms with Gasteiger partial charge < -0.3 is 19.7 Å². The molecule has 0 saturated carbocycles. The third-order valence-corrected chi connectivity index (χ3v) is 6.20. The number of carbonyl (C=O) groups is 2. The normalized spacial score (nSPS) is 18.2. The second kappa shape index (κ2) is 9.44. The van der Waals surface area contributed by atoms with Crippen LogP contribution in [0.3, 0.4) is 0 Å². The number of anilines is 1. The van der Waals surface area contributed by atoms with Crippen molar-refractivity contribution < 1.29 is 19.1 Å². The molecular weight excluding hydrogens is 406 g/mol. The summed E-state index contributed by atoms with van der Waals surface area (Å²) in [4.78, 5) is 28.6. The van der Waals surface area contributed by atoms with Crippen LogP contribution in [0.15, 0.2) is 54.6 Å². The molecule has 2 aromatic rings. The van der Waals surface area contributed by atoms with Crippen LogP contribution in [0.4, 0.5) is 5.69 Å². The lowest BCUT2D eigenvalue weighted by Crippen LogP contribution is -2.56. The molecule has 168 valence electrons. The van der Waals surface area contributed by atoms with Crippen LogP contribution in [0.5, 0.6) is 11.5 Å². The lowest BCUT2D eigenvalue weighted by Gasteiger charge is -2.43. The monoisotopic (exact) mass is 435 g/mol. The number of carbonyl (C=O) groups excluding carboxylic acids is 2. The van der Waals surface area contributed by atoms with Crippen LogP contribution >= 0.6 is 0 Å². The number of hydrogen-bond donors (Lipinski definition) is 1. The molecule has 1 amide bonds. The quantitative estimate of drug-likeness (QED) is 0.556. The maximum Gasteiger partial charge on any atom is 0.308 e. The zero-order valence-electron chi connectivity index (χ0n) is 18.5. The highest BCUT2D eigenvalue weighted by Gasteiger charge is 2.50. The number of likely N-dealkylation sites (tertiary alicyclic amines) is 1. The first-order valence-electron chi connectivity index (χ1n) is 10.9. The number of amides is 1. The molecule has 0 radical (unpaired) electrons. The van der Waals surface area contributed by atoms with Gasteiger partial charge in [0.25, 0.3) is 0 Å². The Morgan fingerprint density at radius 3 is 2.56 bits per heavy atom. The van der Waals surface area contributed by atoms with E-state index in [0.29, 0.717) is 18.2 Å². The standard InChI is InChI=1S/C25H29N3O4/c1-19(29)32-22-11-10-20(17-23(22)31-2)7-6-14-27-15-12-25(13-16-27)24(30)26-18-28(25)21-8-4-3-5-9-21/h3-11,17H,12-16,18H2,1-2H3,(H,26,30). The highest BCUT2D eigenvalue weighted by molar-refractivity contribution is 5.93. The molecule has 4 rings (SSSR count). The van der Waals surface area contributed by atoms with Gasteiger partial charge in [-0.15, -0.1) is 0 Å². The van der Waals surface area contributed by atoms with Crippen LogP contribution in [0, 0.1) is 0 Å². The Bertz CT molecular complexity index is 998. The summed E-state index contributed by atoms with van der Waals surface area (Å²) in [7, 11) is 1.55. The Labute approximate surface area is 188 Å². The predicted octanol–water partition coefficient (Wildman–Crippen LogP) is 3.06. The van der Waals surface area contributed by atoms with Crippen molar-refractivity contribution in [3.8, 4) is 11.5 Å². The third kappa shape index (κ3) is 4.48. The van der Waals surface area contributed by atoms with Gasteiger partial charge in [0.2, 0.25) is 5.91 Å². The molecule has 7 nitrogen and oxygen atoms in total. The number of nitrogens with zero attached hydrogens (tertiary/aromatic N) is 2. The van der Waals surface area contributed by atoms with Gasteiger partial charge in [0.1, 0.15) is 5.54 Å². The number of esters is 1. The Morgan fingerprint density at radius 1 is 1.12 bits per heavy atom. The number of methoxy groups -OCH3 is 1. The Kier molecular flexibility index (Phi) is 6.46. The van der Waals surface area contributed by atoms with Crippen molar-refractivity contribution in [3.05, 3.63) is 60.2 Å². The lowest BCUT2D eigenvalue weighted by molar-refractivity contribution is -0.132. The van der Waals surface area contributed by atoms with Gasteiger partial charge in [-0.2, -0.15) is 0 Å². The second-order valence-electron chi connectivity index (χ2n) is 8.17. The van der Waals surface area contributed by atoms with E-state index in [9.17, 15) is 9.59 Å². The van der Waals surface area contributed by atoms with Gasteiger partial charge in [-0.3, -0.25) is 14.5 Å². The molecule has 0 unspecified atom stereocenters. The molecule has 2 fully saturated rings. The largest absolute Gasteiger partial charge is 0.493 e. The van der Waals surface area contributed by atoms with Crippen LogP contribution in [0.25, 0.3) is 6.08 Å². The first-order chi connectivity index (χ1) is 15.5. The summed E-state index contributed by atoms with van der Waals surface area (Å²) < 4.78 is 10.5. The van der Waals surface area contributed by atoms with Crippen LogP contribution in [-0.4, -0.2) is 55.7 Å². The van der Waals surface area contributed by atoms with Crippen LogP contribution < -0.4 is 19.7 Å². The Hall–Kier alpha value is -3.32. The maximum absolute atomic E-state index is 12.8. The molecule has 1 spiro atoms. The predicted molar refractivity (Wildman–Crippen MR) is 124 cm³/mol. The molecule has 2 aliphatic rings. The molecule has 2 aliphatic heterocycles. The van der Waals surface area contributed by atoms with Crippen molar-refractivity contribution in [3.63, 3.8) is 0 Å². The number of rotatable bonds is 6. The van der Waals surface area contributed by atoms with Gasteiger partial charge in [-0.25, -0.2) is 0 Å². The summed E-state index contributed by atoms with van der Waals surface area (Å²) >= 11 is 0. The van der Waals surface area contributed by atoms with E-state index in [1.165, 1.54) is 6.92 Å². The van der Waals surface area contributed by atoms with Gasteiger partial charge in [0, 0.05) is 32.2 Å². The van der Waals surface area contributed by atoms with Crippen molar-refractivity contribution >= 4 is 23.6 Å². The summed E-state index contributed by atoms with van der Waals surface area (Å²) in [6, 6.07) is 15.6. The zero-order valence-corrected chi connectivity index (χ0v) is 18.5. The molecule has 0 bridgehead atoms. The van der Waals surface area contributed by atoms with E-state index >= 15 is 0 Å². The maximum atomic E-state index is 12.8. The molecule has 32 heavy (non-hydrogen) atoms. The number of ether oxygens (including phenoxy) is 2. The average molecular weight is 436 g/mol. The molecule has 0 atom stereocenters. The highest BCUT2D eigenvalue weighted by Crippen LogP contribution is 2.36. The zero-order chi connectivity index (χ0) is 22.6. The minimum absolute atomic E-state index is 0.136. The van der Waals surface area contributed by atoms with Crippen molar-refractivity contribution in [2.75, 3.05) is 38.3 Å². The van der Waals surface area contributed by atoms with E-state index in [-0.39, 0.29) is 11.9 Å². The molecule has 2 heterocycles. The van der Waals surface area contributed by atoms with Crippen LogP contribution in [0.1, 0.15) is 25.3 Å². The summed E-state index contributed by atoms with van der Waals surface area (Å²) in [5, 5.41) is 3.05. The van der Waals surface area contributed by atoms with Gasteiger partial charge in [0.05, 0.1) is 13.8 Å². The lowest BCUT2D eigenvalue weighted by atomic mass is 9.85. The van der Waals surface area contributed by atoms with Gasteiger partial charge in [-0.1, -0.05) is 36.4 Å². The van der Waals surface area contributed by atoms with Gasteiger partial charge in [0.15, 0.2) is 11.5 Å². The number of piperidine rings is 1. The molecule has 2 saturated heterocycles. The van der Waals surface area contributed by atoms with Crippen LogP contribution in [-0.2, 0) is 9.59 Å². The number of hydrogen-bond acceptors (Lipinski definition) is 6. The topological polar surface area (TPSA) is 71.1 Å². The van der Waals surface area contributed by atoms with Crippen LogP contribution in [0.2, 0.25) is 0 Å². The molecule has 1 N–H and O–H groups in total. The molecule has 0 aromatic heterocycles. The molecule has 2 aromatic carbocycles. The minimum Gasteiger partial charge on any atom is -0.493 e. The van der Waals surface area contributed by atoms with E-state index < -0.39 is 5.54 Å². The first kappa shape index (κ1) is 21.9. The van der Waals surface area contributed by atoms with Gasteiger partial charge in [-0.05, 0) is 42.7 Å². The summed E-state index contributed by atoms with van der Waals surface area (Å²) in [6.45, 7) is 4.45. The summed E-state index contributed by atoms with van der Waals surface area (Å²) in [6.07, 6.45) is 5.74. The fourth-order valence-corrected chi connectivity index (χ4v) is 4.50. The van der Waals surface area contributed by atoms with E-state index in [1.54, 1.807) is 13.2 Å². The van der Waals surface area contributed by atoms with E-state index in [4.69, 9.17) is 9.47 Å². The second-order valence-corrected chi connectivity index (χ2v) is 8.17. The highest BCUT2D eigenvalue weighted by atomic mass is 16.6. The molecular formula is C25H29N3O4. The molecule has 0 aliphatic carbocycles. The summed E-state index contributed by atoms with van der Waals surface area (Å²) in [5.41, 5.74) is 1.60. The van der Waals surface area contributed by atoms with E-state index in [0.717, 1.165) is 43.7 Å². The first-order valence-corrected chi connectivity index (χ1v) is 10.9. The Balaban J connectivity index is 1.36. The smallest absolute Gasteiger partial charge is 0.308 e. The minimum atomic E-state index is -0.457. The fourth-order valence-electron chi connectivity index (χ4n) is 4.50. The number of benzene rings is 2. The van der Waals surface area contributed by atoms with Crippen molar-refractivity contribution in [2.45, 2.75) is 25.3 Å². The van der Waals surface area contributed by atoms with E-state index in [2.05, 4.69) is 33.3 Å². The molecule has 7 heteroatoms. The van der Waals surface area contributed by atoms with Crippen molar-refractivity contribution in [1.82, 2.24) is 10.2 Å². The fraction of sp³-hybridized carbons (Fsp3) is 0.360. The number of para-hydroxylation sites is 1. The SMILES string of the molecule is COc1cc(C=CCN2CCC3(CC2)C(=O)NCN3c2ccccc2)ccc1OC(C)=O. The van der Waals surface area contributed by atoms with Gasteiger partial charge >= 0.3 is 5.97 Å². The number of nitrogens with one attached hydrogen (secondary N) is 1. The van der Waals surface area contributed by atoms with Crippen molar-refractivity contribution in [2.24, 2.45) is 0 Å². The average Bonchev–Trinajstić information content (AvgIpc) is 3.11. The summed E-state index contributed by atoms with van der Waals surface area (Å²) in [5.74, 6) is 0.694. The van der Waals surface area contributed by atoms with Crippen molar-refractivity contribution in [1.29, 1.82) is 0 Å². The Morgan fingerprint density at radius 2 is 1.88 bits per heavy atom. The third-order valence-electron chi connectivity index (χ3n) is 6.20.